The van der Waals surface area contributed by atoms with Crippen LogP contribution in [0.3, 0.4) is 0 Å². The minimum absolute atomic E-state index is 0.0354. The van der Waals surface area contributed by atoms with E-state index in [-0.39, 0.29) is 5.75 Å². The number of aromatic hydroxyl groups is 1. The average molecular weight is 212 g/mol. The highest BCUT2D eigenvalue weighted by molar-refractivity contribution is 9.10. The normalized spacial score (nSPS) is 9.18. The molecule has 56 valence electrons. The number of halogens is 1. The molecular weight excluding hydrogens is 206 g/mol. The van der Waals surface area contributed by atoms with Gasteiger partial charge in [-0.1, -0.05) is 15.9 Å². The van der Waals surface area contributed by atoms with Crippen LogP contribution < -0.4 is 0 Å². The van der Waals surface area contributed by atoms with Crippen molar-refractivity contribution in [1.82, 2.24) is 0 Å². The summed E-state index contributed by atoms with van der Waals surface area (Å²) in [6.45, 7) is 1.85. The maximum absolute atomic E-state index is 9.17. The minimum Gasteiger partial charge on any atom is -0.507 e. The van der Waals surface area contributed by atoms with Crippen molar-refractivity contribution >= 4 is 15.9 Å². The van der Waals surface area contributed by atoms with Crippen LogP contribution in [0.15, 0.2) is 16.6 Å². The molecule has 3 heteroatoms. The number of benzene rings is 1. The van der Waals surface area contributed by atoms with Crippen LogP contribution in [-0.4, -0.2) is 5.11 Å². The van der Waals surface area contributed by atoms with E-state index in [1.54, 1.807) is 12.1 Å². The van der Waals surface area contributed by atoms with E-state index in [0.717, 1.165) is 10.0 Å². The topological polar surface area (TPSA) is 44.0 Å². The second-order valence-corrected chi connectivity index (χ2v) is 3.08. The number of phenols is 1. The summed E-state index contributed by atoms with van der Waals surface area (Å²) in [5.41, 5.74) is 1.21. The SMILES string of the molecule is Cc1cc(O)c(C#N)cc1Br. The van der Waals surface area contributed by atoms with Gasteiger partial charge in [0.05, 0.1) is 5.56 Å². The van der Waals surface area contributed by atoms with E-state index in [2.05, 4.69) is 15.9 Å². The molecule has 0 aliphatic rings. The number of rotatable bonds is 0. The van der Waals surface area contributed by atoms with Gasteiger partial charge in [0.15, 0.2) is 0 Å². The highest BCUT2D eigenvalue weighted by Gasteiger charge is 2.02. The second kappa shape index (κ2) is 2.93. The van der Waals surface area contributed by atoms with Crippen LogP contribution in [0, 0.1) is 18.3 Å². The van der Waals surface area contributed by atoms with Crippen molar-refractivity contribution in [3.05, 3.63) is 27.7 Å². The number of phenolic OH excluding ortho intramolecular Hbond substituents is 1. The largest absolute Gasteiger partial charge is 0.507 e. The first-order valence-electron chi connectivity index (χ1n) is 3.04. The van der Waals surface area contributed by atoms with E-state index < -0.39 is 0 Å². The zero-order valence-corrected chi connectivity index (χ0v) is 7.51. The standard InChI is InChI=1S/C8H6BrNO/c1-5-2-8(11)6(4-10)3-7(5)9/h2-3,11H,1H3. The molecule has 0 atom stereocenters. The number of hydrogen-bond donors (Lipinski definition) is 1. The lowest BCUT2D eigenvalue weighted by molar-refractivity contribution is 0.473. The molecule has 0 radical (unpaired) electrons. The second-order valence-electron chi connectivity index (χ2n) is 2.23. The molecule has 0 aromatic heterocycles. The smallest absolute Gasteiger partial charge is 0.133 e. The fraction of sp³-hybridized carbons (Fsp3) is 0.125. The van der Waals surface area contributed by atoms with Crippen LogP contribution in [0.1, 0.15) is 11.1 Å². The summed E-state index contributed by atoms with van der Waals surface area (Å²) in [5.74, 6) is 0.0354. The number of hydrogen-bond acceptors (Lipinski definition) is 2. The van der Waals surface area contributed by atoms with E-state index in [1.807, 2.05) is 13.0 Å². The van der Waals surface area contributed by atoms with Gasteiger partial charge in [0, 0.05) is 4.47 Å². The molecule has 1 rings (SSSR count). The summed E-state index contributed by atoms with van der Waals surface area (Å²) >= 11 is 3.26. The Hall–Kier alpha value is -1.01. The highest BCUT2D eigenvalue weighted by Crippen LogP contribution is 2.24. The Morgan fingerprint density at radius 1 is 1.55 bits per heavy atom. The average Bonchev–Trinajstić information content (AvgIpc) is 1.97. The molecule has 1 N–H and O–H groups in total. The Morgan fingerprint density at radius 2 is 2.18 bits per heavy atom. The maximum atomic E-state index is 9.17. The van der Waals surface area contributed by atoms with Crippen LogP contribution in [0.25, 0.3) is 0 Å². The highest BCUT2D eigenvalue weighted by atomic mass is 79.9. The predicted molar refractivity (Wildman–Crippen MR) is 45.3 cm³/mol. The first-order valence-corrected chi connectivity index (χ1v) is 3.83. The van der Waals surface area contributed by atoms with Gasteiger partial charge in [-0.3, -0.25) is 0 Å². The van der Waals surface area contributed by atoms with Gasteiger partial charge in [-0.25, -0.2) is 0 Å². The van der Waals surface area contributed by atoms with E-state index in [4.69, 9.17) is 5.26 Å². The summed E-state index contributed by atoms with van der Waals surface area (Å²) in [6, 6.07) is 5.04. The van der Waals surface area contributed by atoms with Crippen LogP contribution in [0.2, 0.25) is 0 Å². The molecule has 0 unspecified atom stereocenters. The van der Waals surface area contributed by atoms with E-state index in [0.29, 0.717) is 5.56 Å². The lowest BCUT2D eigenvalue weighted by atomic mass is 10.1. The van der Waals surface area contributed by atoms with Gasteiger partial charge in [0.25, 0.3) is 0 Å². The Kier molecular flexibility index (Phi) is 2.16. The van der Waals surface area contributed by atoms with Crippen molar-refractivity contribution in [2.75, 3.05) is 0 Å². The fourth-order valence-corrected chi connectivity index (χ4v) is 1.10. The van der Waals surface area contributed by atoms with Crippen molar-refractivity contribution in [3.8, 4) is 11.8 Å². The van der Waals surface area contributed by atoms with Crippen molar-refractivity contribution in [2.45, 2.75) is 6.92 Å². The Bertz CT molecular complexity index is 328. The van der Waals surface area contributed by atoms with Gasteiger partial charge in [-0.05, 0) is 24.6 Å². The molecule has 0 bridgehead atoms. The third-order valence-corrected chi connectivity index (χ3v) is 2.25. The lowest BCUT2D eigenvalue weighted by Gasteiger charge is -1.99. The number of nitriles is 1. The summed E-state index contributed by atoms with van der Waals surface area (Å²) in [4.78, 5) is 0. The van der Waals surface area contributed by atoms with E-state index in [1.165, 1.54) is 0 Å². The van der Waals surface area contributed by atoms with Crippen LogP contribution in [-0.2, 0) is 0 Å². The summed E-state index contributed by atoms with van der Waals surface area (Å²) < 4.78 is 0.840. The van der Waals surface area contributed by atoms with Crippen LogP contribution >= 0.6 is 15.9 Å². The van der Waals surface area contributed by atoms with Crippen molar-refractivity contribution in [3.63, 3.8) is 0 Å². The van der Waals surface area contributed by atoms with Crippen molar-refractivity contribution in [1.29, 1.82) is 5.26 Å². The Balaban J connectivity index is 3.35. The molecule has 0 saturated carbocycles. The molecule has 0 amide bonds. The molecule has 0 fully saturated rings. The predicted octanol–water partition coefficient (Wildman–Crippen LogP) is 2.33. The zero-order valence-electron chi connectivity index (χ0n) is 5.93. The lowest BCUT2D eigenvalue weighted by Crippen LogP contribution is -1.80. The molecular formula is C8H6BrNO. The molecule has 0 heterocycles. The monoisotopic (exact) mass is 211 g/mol. The van der Waals surface area contributed by atoms with Gasteiger partial charge in [0.2, 0.25) is 0 Å². The van der Waals surface area contributed by atoms with Crippen molar-refractivity contribution in [2.24, 2.45) is 0 Å². The molecule has 1 aromatic rings. The van der Waals surface area contributed by atoms with Gasteiger partial charge in [0.1, 0.15) is 11.8 Å². The first-order chi connectivity index (χ1) is 5.15. The Labute approximate surface area is 73.2 Å². The molecule has 1 aromatic carbocycles. The third-order valence-electron chi connectivity index (χ3n) is 1.40. The van der Waals surface area contributed by atoms with E-state index >= 15 is 0 Å². The summed E-state index contributed by atoms with van der Waals surface area (Å²) in [5, 5.41) is 17.7. The van der Waals surface area contributed by atoms with Crippen LogP contribution in [0.5, 0.6) is 5.75 Å². The molecule has 0 spiro atoms. The van der Waals surface area contributed by atoms with Crippen molar-refractivity contribution < 1.29 is 5.11 Å². The maximum Gasteiger partial charge on any atom is 0.133 e. The molecule has 11 heavy (non-hydrogen) atoms. The first kappa shape index (κ1) is 8.09. The van der Waals surface area contributed by atoms with Gasteiger partial charge in [-0.15, -0.1) is 0 Å². The molecule has 0 aliphatic carbocycles. The zero-order chi connectivity index (χ0) is 8.43. The van der Waals surface area contributed by atoms with Crippen LogP contribution in [0.4, 0.5) is 0 Å². The summed E-state index contributed by atoms with van der Waals surface area (Å²) in [6.07, 6.45) is 0. The fourth-order valence-electron chi connectivity index (χ4n) is 0.756. The molecule has 2 nitrogen and oxygen atoms in total. The molecule has 0 aliphatic heterocycles. The van der Waals surface area contributed by atoms with Gasteiger partial charge >= 0.3 is 0 Å². The minimum atomic E-state index is 0.0354. The van der Waals surface area contributed by atoms with E-state index in [9.17, 15) is 5.11 Å². The third kappa shape index (κ3) is 1.52. The number of aryl methyl sites for hydroxylation is 1. The Morgan fingerprint density at radius 3 is 2.73 bits per heavy atom. The van der Waals surface area contributed by atoms with Gasteiger partial charge in [-0.2, -0.15) is 5.26 Å². The van der Waals surface area contributed by atoms with Gasteiger partial charge < -0.3 is 5.11 Å². The summed E-state index contributed by atoms with van der Waals surface area (Å²) in [7, 11) is 0. The molecule has 0 saturated heterocycles. The number of nitrogens with zero attached hydrogens (tertiary/aromatic N) is 1. The quantitative estimate of drug-likeness (QED) is 0.717.